The molecule has 0 spiro atoms. The van der Waals surface area contributed by atoms with Crippen molar-refractivity contribution in [3.05, 3.63) is 279 Å². The smallest absolute Gasteiger partial charge is 0.0468 e. The van der Waals surface area contributed by atoms with E-state index in [0.717, 1.165) is 39.6 Å². The van der Waals surface area contributed by atoms with Crippen molar-refractivity contribution in [1.82, 2.24) is 0 Å². The van der Waals surface area contributed by atoms with Gasteiger partial charge in [-0.1, -0.05) is 195 Å². The van der Waals surface area contributed by atoms with E-state index >= 15 is 0 Å². The van der Waals surface area contributed by atoms with Gasteiger partial charge in [-0.25, -0.2) is 0 Å². The molecule has 2 heteroatoms. The molecule has 0 fully saturated rings. The predicted molar refractivity (Wildman–Crippen MR) is 275 cm³/mol. The molecule has 0 bridgehead atoms. The van der Waals surface area contributed by atoms with Gasteiger partial charge >= 0.3 is 0 Å². The van der Waals surface area contributed by atoms with Gasteiger partial charge in [0.05, 0.1) is 0 Å². The third kappa shape index (κ3) is 8.54. The van der Waals surface area contributed by atoms with E-state index in [9.17, 15) is 0 Å². The van der Waals surface area contributed by atoms with Crippen molar-refractivity contribution in [3.63, 3.8) is 0 Å². The zero-order chi connectivity index (χ0) is 43.1. The molecule has 304 valence electrons. The van der Waals surface area contributed by atoms with Gasteiger partial charge in [-0.05, 0) is 139 Å². The maximum absolute atomic E-state index is 4.16. The van der Waals surface area contributed by atoms with E-state index in [1.807, 2.05) is 12.1 Å². The summed E-state index contributed by atoms with van der Waals surface area (Å²) in [7, 11) is 0. The number of allylic oxidation sites excluding steroid dienone is 4. The molecule has 64 heavy (non-hydrogen) atoms. The summed E-state index contributed by atoms with van der Waals surface area (Å²) in [5.41, 5.74) is 14.8. The Labute approximate surface area is 376 Å². The van der Waals surface area contributed by atoms with Crippen LogP contribution in [-0.4, -0.2) is 0 Å². The van der Waals surface area contributed by atoms with Crippen molar-refractivity contribution in [3.8, 4) is 33.4 Å². The minimum Gasteiger partial charge on any atom is -0.317 e. The van der Waals surface area contributed by atoms with E-state index in [2.05, 4.69) is 271 Å². The van der Waals surface area contributed by atoms with Crippen molar-refractivity contribution in [1.29, 1.82) is 0 Å². The molecule has 0 radical (unpaired) electrons. The van der Waals surface area contributed by atoms with E-state index in [4.69, 9.17) is 0 Å². The highest BCUT2D eigenvalue weighted by molar-refractivity contribution is 5.90. The maximum Gasteiger partial charge on any atom is 0.0468 e. The number of hydrogen-bond donors (Lipinski definition) is 0. The Morgan fingerprint density at radius 2 is 0.766 bits per heavy atom. The van der Waals surface area contributed by atoms with Gasteiger partial charge in [-0.3, -0.25) is 0 Å². The molecule has 0 atom stereocenters. The van der Waals surface area contributed by atoms with Gasteiger partial charge < -0.3 is 9.80 Å². The van der Waals surface area contributed by atoms with Gasteiger partial charge in [-0.15, -0.1) is 0 Å². The number of nitrogens with zero attached hydrogens (tertiary/aromatic N) is 2. The van der Waals surface area contributed by atoms with Crippen LogP contribution in [-0.2, 0) is 0 Å². The summed E-state index contributed by atoms with van der Waals surface area (Å²) in [6.07, 6.45) is 8.28. The van der Waals surface area contributed by atoms with Crippen LogP contribution in [0.2, 0.25) is 0 Å². The average molecular weight is 819 g/mol. The molecule has 0 aliphatic carbocycles. The lowest BCUT2D eigenvalue weighted by Gasteiger charge is -2.26. The third-order valence-electron chi connectivity index (χ3n) is 11.9. The Morgan fingerprint density at radius 3 is 1.34 bits per heavy atom. The van der Waals surface area contributed by atoms with Gasteiger partial charge in [-0.2, -0.15) is 0 Å². The molecule has 0 aliphatic rings. The Morgan fingerprint density at radius 1 is 0.328 bits per heavy atom. The van der Waals surface area contributed by atoms with Crippen molar-refractivity contribution >= 4 is 55.6 Å². The first-order valence-corrected chi connectivity index (χ1v) is 21.8. The third-order valence-corrected chi connectivity index (χ3v) is 11.9. The Bertz CT molecular complexity index is 3250. The SMILES string of the molecule is C=C/C(=C\C=C\N(c1ccccc1)c1ccc2ccccc2c1)c1ccc(-c2cccc(-c3ccc(-c4ccc(N(c5ccccc5)c5ccc6ccccc6c5)cc4)cc3)c2)cc1. The summed E-state index contributed by atoms with van der Waals surface area (Å²) in [5.74, 6) is 0. The lowest BCUT2D eigenvalue weighted by molar-refractivity contribution is 1.29. The largest absolute Gasteiger partial charge is 0.317 e. The van der Waals surface area contributed by atoms with Gasteiger partial charge in [0.15, 0.2) is 0 Å². The average Bonchev–Trinajstić information content (AvgIpc) is 3.37. The Kier molecular flexibility index (Phi) is 11.3. The van der Waals surface area contributed by atoms with Gasteiger partial charge in [0, 0.05) is 34.6 Å². The van der Waals surface area contributed by atoms with Crippen LogP contribution >= 0.6 is 0 Å². The number of rotatable bonds is 12. The van der Waals surface area contributed by atoms with E-state index in [0.29, 0.717) is 0 Å². The fourth-order valence-electron chi connectivity index (χ4n) is 8.48. The van der Waals surface area contributed by atoms with Crippen LogP contribution < -0.4 is 9.80 Å². The van der Waals surface area contributed by atoms with Crippen LogP contribution in [0.25, 0.3) is 60.5 Å². The molecule has 10 aromatic rings. The monoisotopic (exact) mass is 818 g/mol. The lowest BCUT2D eigenvalue weighted by Crippen LogP contribution is -2.09. The molecule has 0 aromatic heterocycles. The Balaban J connectivity index is 0.849. The van der Waals surface area contributed by atoms with E-state index in [-0.39, 0.29) is 0 Å². The second-order valence-electron chi connectivity index (χ2n) is 15.9. The minimum atomic E-state index is 1.05. The number of benzene rings is 10. The number of hydrogen-bond acceptors (Lipinski definition) is 2. The standard InChI is InChI=1S/C62H46N2/c1-2-46(21-14-42-63(58-22-5-3-6-23-58)61-40-36-47-15-9-11-17-56(47)44-61)49-26-30-52(31-27-49)54-19-13-20-55(43-54)53-32-28-50(29-33-53)51-34-38-60(39-35-51)64(59-24-7-4-8-25-59)62-41-37-48-16-10-12-18-57(48)45-62/h2-45H,1H2/b42-14+,46-21+. The molecule has 0 heterocycles. The number of para-hydroxylation sites is 2. The van der Waals surface area contributed by atoms with Gasteiger partial charge in [0.25, 0.3) is 0 Å². The second-order valence-corrected chi connectivity index (χ2v) is 15.9. The predicted octanol–water partition coefficient (Wildman–Crippen LogP) is 17.4. The van der Waals surface area contributed by atoms with Crippen LogP contribution in [0.3, 0.4) is 0 Å². The molecular formula is C62H46N2. The normalized spacial score (nSPS) is 11.5. The number of anilines is 5. The fraction of sp³-hybridized carbons (Fsp3) is 0. The highest BCUT2D eigenvalue weighted by Crippen LogP contribution is 2.38. The van der Waals surface area contributed by atoms with E-state index < -0.39 is 0 Å². The minimum absolute atomic E-state index is 1.05. The molecule has 0 amide bonds. The highest BCUT2D eigenvalue weighted by atomic mass is 15.1. The van der Waals surface area contributed by atoms with Crippen LogP contribution in [0.4, 0.5) is 28.4 Å². The van der Waals surface area contributed by atoms with E-state index in [1.54, 1.807) is 0 Å². The lowest BCUT2D eigenvalue weighted by atomic mass is 9.96. The summed E-state index contributed by atoms with van der Waals surface area (Å²) in [5, 5.41) is 4.90. The fourth-order valence-corrected chi connectivity index (χ4v) is 8.48. The van der Waals surface area contributed by atoms with Crippen LogP contribution in [0.15, 0.2) is 274 Å². The van der Waals surface area contributed by atoms with Gasteiger partial charge in [0.1, 0.15) is 0 Å². The molecule has 0 N–H and O–H groups in total. The molecule has 2 nitrogen and oxygen atoms in total. The maximum atomic E-state index is 4.16. The molecule has 0 aliphatic heterocycles. The molecule has 10 rings (SSSR count). The molecule has 0 saturated carbocycles. The molecule has 10 aromatic carbocycles. The summed E-state index contributed by atoms with van der Waals surface area (Å²) in [6.45, 7) is 4.16. The van der Waals surface area contributed by atoms with Crippen molar-refractivity contribution in [2.45, 2.75) is 0 Å². The van der Waals surface area contributed by atoms with E-state index in [1.165, 1.54) is 54.9 Å². The summed E-state index contributed by atoms with van der Waals surface area (Å²) in [4.78, 5) is 4.54. The molecular weight excluding hydrogens is 773 g/mol. The topological polar surface area (TPSA) is 6.48 Å². The molecule has 0 saturated heterocycles. The van der Waals surface area contributed by atoms with Gasteiger partial charge in [0.2, 0.25) is 0 Å². The Hall–Kier alpha value is -8.46. The zero-order valence-electron chi connectivity index (χ0n) is 35.5. The first-order chi connectivity index (χ1) is 31.7. The summed E-state index contributed by atoms with van der Waals surface area (Å²) >= 11 is 0. The van der Waals surface area contributed by atoms with Crippen molar-refractivity contribution < 1.29 is 0 Å². The highest BCUT2D eigenvalue weighted by Gasteiger charge is 2.14. The summed E-state index contributed by atoms with van der Waals surface area (Å²) in [6, 6.07) is 86.7. The quantitative estimate of drug-likeness (QED) is 0.113. The molecule has 0 unspecified atom stereocenters. The van der Waals surface area contributed by atoms with Crippen LogP contribution in [0, 0.1) is 0 Å². The zero-order valence-corrected chi connectivity index (χ0v) is 35.5. The van der Waals surface area contributed by atoms with Crippen LogP contribution in [0.5, 0.6) is 0 Å². The van der Waals surface area contributed by atoms with Crippen molar-refractivity contribution in [2.75, 3.05) is 9.80 Å². The van der Waals surface area contributed by atoms with Crippen molar-refractivity contribution in [2.24, 2.45) is 0 Å². The van der Waals surface area contributed by atoms with Crippen LogP contribution in [0.1, 0.15) is 5.56 Å². The number of fused-ring (bicyclic) bond motifs is 2. The summed E-state index contributed by atoms with van der Waals surface area (Å²) < 4.78 is 0. The second kappa shape index (κ2) is 18.3. The first kappa shape index (κ1) is 39.7. The first-order valence-electron chi connectivity index (χ1n) is 21.8.